The zero-order valence-electron chi connectivity index (χ0n) is 30.5. The summed E-state index contributed by atoms with van der Waals surface area (Å²) in [5.41, 5.74) is 1.18. The van der Waals surface area contributed by atoms with Crippen LogP contribution in [0.3, 0.4) is 0 Å². The predicted molar refractivity (Wildman–Crippen MR) is 188 cm³/mol. The number of carbonyl (C=O) groups is 1. The Morgan fingerprint density at radius 1 is 0.884 bits per heavy atom. The molecule has 0 spiro atoms. The number of unbranched alkanes of at least 4 members (excludes halogenated alkanes) is 3. The number of hydrogen-bond acceptors (Lipinski definition) is 4. The van der Waals surface area contributed by atoms with Gasteiger partial charge in [-0.2, -0.15) is 0 Å². The molecule has 0 bridgehead atoms. The molecule has 1 heterocycles. The van der Waals surface area contributed by atoms with Crippen molar-refractivity contribution in [3.63, 3.8) is 0 Å². The minimum absolute atomic E-state index is 0.0765. The van der Waals surface area contributed by atoms with Crippen LogP contribution >= 0.6 is 0 Å². The van der Waals surface area contributed by atoms with Gasteiger partial charge in [-0.25, -0.2) is 0 Å². The molecular weight excluding hydrogens is 640 g/mol. The zero-order chi connectivity index (χ0) is 32.9. The number of alkyl carbamates (subject to hydrolysis) is 1. The number of rotatable bonds is 14. The minimum atomic E-state index is -2.98. The van der Waals surface area contributed by atoms with E-state index in [4.69, 9.17) is 14.0 Å². The molecule has 0 aliphatic carbocycles. The Morgan fingerprint density at radius 3 is 1.74 bits per heavy atom. The first-order valence-corrected chi connectivity index (χ1v) is 24.7. The van der Waals surface area contributed by atoms with Crippen LogP contribution < -0.4 is 14.4 Å². The Kier molecular flexibility index (Phi) is 13.6. The summed E-state index contributed by atoms with van der Waals surface area (Å²) >= 11 is -2.98. The van der Waals surface area contributed by atoms with Crippen molar-refractivity contribution in [2.45, 2.75) is 178 Å². The van der Waals surface area contributed by atoms with Crippen molar-refractivity contribution in [2.24, 2.45) is 5.41 Å². The molecule has 43 heavy (non-hydrogen) atoms. The van der Waals surface area contributed by atoms with Crippen LogP contribution in [0.25, 0.3) is 0 Å². The van der Waals surface area contributed by atoms with E-state index in [1.807, 2.05) is 20.8 Å². The van der Waals surface area contributed by atoms with Crippen molar-refractivity contribution < 1.29 is 18.8 Å². The van der Waals surface area contributed by atoms with Gasteiger partial charge < -0.3 is 0 Å². The van der Waals surface area contributed by atoms with Crippen LogP contribution in [0, 0.1) is 5.41 Å². The maximum atomic E-state index is 13.0. The van der Waals surface area contributed by atoms with Crippen LogP contribution in [0.4, 0.5) is 4.79 Å². The Morgan fingerprint density at radius 2 is 1.35 bits per heavy atom. The first-order valence-electron chi connectivity index (χ1n) is 17.2. The molecule has 1 saturated heterocycles. The number of ether oxygens (including phenoxy) is 1. The molecule has 2 rings (SSSR count). The Balaban J connectivity index is 2.82. The molecule has 0 aromatic heterocycles. The van der Waals surface area contributed by atoms with Gasteiger partial charge in [-0.3, -0.25) is 0 Å². The summed E-state index contributed by atoms with van der Waals surface area (Å²) in [5, 5.41) is 3.25. The Hall–Kier alpha value is -0.726. The molecule has 1 amide bonds. The summed E-state index contributed by atoms with van der Waals surface area (Å²) in [5.74, 6) is 0.128. The average Bonchev–Trinajstić information content (AvgIpc) is 3.08. The van der Waals surface area contributed by atoms with Gasteiger partial charge in [0.1, 0.15) is 0 Å². The fraction of sp³-hybridized carbons (Fsp3) is 0.806. The molecular formula is C36H66BNO4Sn. The third-order valence-electron chi connectivity index (χ3n) is 9.71. The molecule has 246 valence electrons. The molecule has 1 N–H and O–H groups in total. The second-order valence-corrected chi connectivity index (χ2v) is 29.4. The van der Waals surface area contributed by atoms with E-state index in [1.165, 1.54) is 57.4 Å². The van der Waals surface area contributed by atoms with E-state index in [0.717, 1.165) is 5.46 Å². The summed E-state index contributed by atoms with van der Waals surface area (Å²) in [6.07, 6.45) is 7.19. The molecule has 1 aliphatic rings. The van der Waals surface area contributed by atoms with Crippen LogP contribution in [-0.2, 0) is 14.0 Å². The molecule has 2 atom stereocenters. The summed E-state index contributed by atoms with van der Waals surface area (Å²) in [4.78, 5) is 13.0. The van der Waals surface area contributed by atoms with E-state index < -0.39 is 24.0 Å². The third kappa shape index (κ3) is 10.1. The monoisotopic (exact) mass is 707 g/mol. The van der Waals surface area contributed by atoms with Crippen molar-refractivity contribution in [1.29, 1.82) is 0 Å². The predicted octanol–water partition coefficient (Wildman–Crippen LogP) is 9.08. The standard InChI is InChI=1S/C24H39BNO4.3C4H9.Sn/c1-16(26-20(27)28-22(5,6)7)19(21(2,3)4)17-12-14-18(15-13-17)25-29-23(8,9)24(10,11)30-25;3*1-3-4-2;/h12,14-16,19H,1-11H3,(H,26,27);3*1,3-4H2,2H3;. The molecule has 1 aromatic carbocycles. The van der Waals surface area contributed by atoms with Gasteiger partial charge in [0, 0.05) is 0 Å². The molecule has 2 unspecified atom stereocenters. The van der Waals surface area contributed by atoms with Crippen LogP contribution in [0.15, 0.2) is 18.2 Å². The van der Waals surface area contributed by atoms with Gasteiger partial charge >= 0.3 is 271 Å². The van der Waals surface area contributed by atoms with Gasteiger partial charge in [0.25, 0.3) is 0 Å². The second-order valence-electron chi connectivity index (χ2n) is 16.3. The van der Waals surface area contributed by atoms with E-state index in [9.17, 15) is 4.79 Å². The van der Waals surface area contributed by atoms with Crippen LogP contribution in [0.5, 0.6) is 0 Å². The average molecular weight is 706 g/mol. The number of carbonyl (C=O) groups excluding carboxylic acids is 1. The summed E-state index contributed by atoms with van der Waals surface area (Å²) < 4.78 is 24.7. The van der Waals surface area contributed by atoms with E-state index in [0.29, 0.717) is 0 Å². The van der Waals surface area contributed by atoms with Crippen molar-refractivity contribution in [3.05, 3.63) is 23.8 Å². The molecule has 0 radical (unpaired) electrons. The van der Waals surface area contributed by atoms with Crippen LogP contribution in [-0.4, -0.2) is 54.4 Å². The first-order chi connectivity index (χ1) is 19.7. The van der Waals surface area contributed by atoms with Gasteiger partial charge in [-0.05, 0) is 0 Å². The van der Waals surface area contributed by atoms with Gasteiger partial charge in [0.2, 0.25) is 0 Å². The molecule has 0 saturated carbocycles. The first kappa shape index (κ1) is 38.5. The summed E-state index contributed by atoms with van der Waals surface area (Å²) in [6, 6.07) is 7.06. The number of amides is 1. The van der Waals surface area contributed by atoms with Crippen molar-refractivity contribution in [2.75, 3.05) is 0 Å². The van der Waals surface area contributed by atoms with E-state index in [-0.39, 0.29) is 41.8 Å². The second kappa shape index (κ2) is 15.2. The molecule has 1 fully saturated rings. The van der Waals surface area contributed by atoms with Crippen molar-refractivity contribution in [3.8, 4) is 0 Å². The zero-order valence-corrected chi connectivity index (χ0v) is 33.3. The number of nitrogens with one attached hydrogen (secondary N) is 1. The quantitative estimate of drug-likeness (QED) is 0.196. The molecule has 5 nitrogen and oxygen atoms in total. The van der Waals surface area contributed by atoms with E-state index >= 15 is 0 Å². The fourth-order valence-corrected chi connectivity index (χ4v) is 23.9. The summed E-state index contributed by atoms with van der Waals surface area (Å²) in [7, 11) is -0.379. The van der Waals surface area contributed by atoms with Crippen molar-refractivity contribution >= 4 is 40.6 Å². The number of hydrogen-bond donors (Lipinski definition) is 1. The topological polar surface area (TPSA) is 56.8 Å². The van der Waals surface area contributed by atoms with E-state index in [2.05, 4.69) is 99.7 Å². The molecule has 1 aliphatic heterocycles. The van der Waals surface area contributed by atoms with Crippen molar-refractivity contribution in [1.82, 2.24) is 5.32 Å². The normalized spacial score (nSPS) is 18.4. The third-order valence-corrected chi connectivity index (χ3v) is 25.4. The number of benzene rings is 1. The molecule has 7 heteroatoms. The SMILES string of the molecule is CCC[CH2][Sn]([CH2]CCC)([CH2]CCC)[c]1cc(B2OC(C)(C)C(C)(C)O2)ccc1C(C(C)NC(=O)OC(C)(C)C)C(C)(C)C. The maximum absolute atomic E-state index is 13.0. The van der Waals surface area contributed by atoms with Gasteiger partial charge in [-0.15, -0.1) is 0 Å². The summed E-state index contributed by atoms with van der Waals surface area (Å²) in [6.45, 7) is 30.4. The molecule has 1 aromatic rings. The Bertz CT molecular complexity index is 1000. The fourth-order valence-electron chi connectivity index (χ4n) is 6.82. The van der Waals surface area contributed by atoms with Gasteiger partial charge in [-0.1, -0.05) is 0 Å². The van der Waals surface area contributed by atoms with Gasteiger partial charge in [0.15, 0.2) is 0 Å². The van der Waals surface area contributed by atoms with Crippen LogP contribution in [0.2, 0.25) is 13.3 Å². The van der Waals surface area contributed by atoms with E-state index in [1.54, 1.807) is 3.58 Å². The van der Waals surface area contributed by atoms with Gasteiger partial charge in [0.05, 0.1) is 0 Å². The van der Waals surface area contributed by atoms with Crippen LogP contribution in [0.1, 0.15) is 147 Å². The Labute approximate surface area is 270 Å².